The van der Waals surface area contributed by atoms with Crippen molar-refractivity contribution in [3.8, 4) is 11.4 Å². The zero-order valence-electron chi connectivity index (χ0n) is 21.5. The number of carbonyl (C=O) groups is 2. The Morgan fingerprint density at radius 1 is 1.11 bits per heavy atom. The first-order valence-electron chi connectivity index (χ1n) is 12.9. The number of aromatic nitrogens is 2. The first kappa shape index (κ1) is 25.8. The molecule has 36 heavy (non-hydrogen) atoms. The van der Waals surface area contributed by atoms with Gasteiger partial charge in [0.1, 0.15) is 5.82 Å². The van der Waals surface area contributed by atoms with Gasteiger partial charge in [0.25, 0.3) is 0 Å². The van der Waals surface area contributed by atoms with Crippen LogP contribution in [0.2, 0.25) is 0 Å². The van der Waals surface area contributed by atoms with Crippen LogP contribution in [0.1, 0.15) is 38.4 Å². The molecule has 3 N–H and O–H groups in total. The normalized spacial score (nSPS) is 17.9. The van der Waals surface area contributed by atoms with Crippen molar-refractivity contribution in [3.63, 3.8) is 0 Å². The largest absolute Gasteiger partial charge is 0.377 e. The van der Waals surface area contributed by atoms with Crippen molar-refractivity contribution >= 4 is 23.4 Å². The van der Waals surface area contributed by atoms with Crippen molar-refractivity contribution in [2.24, 2.45) is 0 Å². The van der Waals surface area contributed by atoms with Gasteiger partial charge in [-0.1, -0.05) is 6.92 Å². The Kier molecular flexibility index (Phi) is 8.71. The van der Waals surface area contributed by atoms with E-state index in [1.165, 1.54) is 0 Å². The summed E-state index contributed by atoms with van der Waals surface area (Å²) in [6, 6.07) is 7.54. The van der Waals surface area contributed by atoms with Crippen LogP contribution in [-0.4, -0.2) is 78.8 Å². The van der Waals surface area contributed by atoms with Crippen molar-refractivity contribution in [1.29, 1.82) is 0 Å². The number of benzene rings is 1. The maximum absolute atomic E-state index is 12.3. The first-order chi connectivity index (χ1) is 17.5. The summed E-state index contributed by atoms with van der Waals surface area (Å²) < 4.78 is 5.67. The topological polar surface area (TPSA) is 112 Å². The minimum Gasteiger partial charge on any atom is -0.377 e. The molecule has 1 unspecified atom stereocenters. The molecule has 1 atom stereocenters. The third kappa shape index (κ3) is 6.30. The van der Waals surface area contributed by atoms with Gasteiger partial charge in [-0.15, -0.1) is 0 Å². The van der Waals surface area contributed by atoms with Crippen LogP contribution in [-0.2, 0) is 22.5 Å². The molecule has 2 aliphatic heterocycles. The molecule has 2 aliphatic rings. The molecule has 3 amide bonds. The van der Waals surface area contributed by atoms with Crippen LogP contribution in [0, 0.1) is 0 Å². The van der Waals surface area contributed by atoms with Gasteiger partial charge in [0.2, 0.25) is 5.91 Å². The van der Waals surface area contributed by atoms with E-state index >= 15 is 0 Å². The molecule has 194 valence electrons. The van der Waals surface area contributed by atoms with Gasteiger partial charge >= 0.3 is 6.03 Å². The molecule has 1 fully saturated rings. The lowest BCUT2D eigenvalue weighted by Gasteiger charge is -2.37. The van der Waals surface area contributed by atoms with Gasteiger partial charge in [0, 0.05) is 49.5 Å². The molecule has 2 aromatic rings. The minimum atomic E-state index is -0.234. The zero-order chi connectivity index (χ0) is 25.5. The molecule has 4 rings (SSSR count). The average molecular weight is 496 g/mol. The van der Waals surface area contributed by atoms with Crippen LogP contribution in [0.4, 0.5) is 16.3 Å². The number of rotatable bonds is 8. The number of fused-ring (bicyclic) bond motifs is 1. The second-order valence-electron chi connectivity index (χ2n) is 9.29. The number of morpholine rings is 1. The molecule has 0 bridgehead atoms. The summed E-state index contributed by atoms with van der Waals surface area (Å²) in [5.41, 5.74) is 3.70. The molecule has 1 aromatic carbocycles. The van der Waals surface area contributed by atoms with E-state index in [2.05, 4.69) is 32.7 Å². The molecule has 1 aromatic heterocycles. The number of ether oxygens (including phenoxy) is 1. The first-order valence-corrected chi connectivity index (χ1v) is 12.9. The SMILES string of the molecule is CCCNC(=O)CN1CCc2c(nc(-c3ccc(NC(=O)NCC)cc3)nc2N2CCOCC2C)C1. The molecule has 0 radical (unpaired) electrons. The minimum absolute atomic E-state index is 0.0480. The number of nitrogens with zero attached hydrogens (tertiary/aromatic N) is 4. The van der Waals surface area contributed by atoms with Crippen molar-refractivity contribution in [3.05, 3.63) is 35.5 Å². The Morgan fingerprint density at radius 2 is 1.92 bits per heavy atom. The molecule has 3 heterocycles. The third-order valence-corrected chi connectivity index (χ3v) is 6.44. The van der Waals surface area contributed by atoms with Crippen LogP contribution < -0.4 is 20.9 Å². The fraction of sp³-hybridized carbons (Fsp3) is 0.538. The van der Waals surface area contributed by atoms with Crippen molar-refractivity contribution in [2.45, 2.75) is 46.2 Å². The van der Waals surface area contributed by atoms with Crippen molar-refractivity contribution in [2.75, 3.05) is 56.2 Å². The smallest absolute Gasteiger partial charge is 0.319 e. The van der Waals surface area contributed by atoms with Crippen LogP contribution in [0.15, 0.2) is 24.3 Å². The Balaban J connectivity index is 1.62. The van der Waals surface area contributed by atoms with Gasteiger partial charge in [0.15, 0.2) is 5.82 Å². The second kappa shape index (κ2) is 12.1. The number of nitrogens with one attached hydrogen (secondary N) is 3. The van der Waals surface area contributed by atoms with E-state index in [-0.39, 0.29) is 18.0 Å². The second-order valence-corrected chi connectivity index (χ2v) is 9.29. The van der Waals surface area contributed by atoms with E-state index in [4.69, 9.17) is 14.7 Å². The third-order valence-electron chi connectivity index (χ3n) is 6.44. The fourth-order valence-corrected chi connectivity index (χ4v) is 4.57. The van der Waals surface area contributed by atoms with Crippen LogP contribution in [0.25, 0.3) is 11.4 Å². The monoisotopic (exact) mass is 495 g/mol. The summed E-state index contributed by atoms with van der Waals surface area (Å²) in [6.07, 6.45) is 1.72. The van der Waals surface area contributed by atoms with Gasteiger partial charge < -0.3 is 25.6 Å². The molecule has 0 spiro atoms. The summed E-state index contributed by atoms with van der Waals surface area (Å²) >= 11 is 0. The lowest BCUT2D eigenvalue weighted by molar-refractivity contribution is -0.122. The van der Waals surface area contributed by atoms with Gasteiger partial charge in [-0.2, -0.15) is 0 Å². The van der Waals surface area contributed by atoms with E-state index in [1.54, 1.807) is 0 Å². The van der Waals surface area contributed by atoms with E-state index in [0.29, 0.717) is 50.9 Å². The Hall–Kier alpha value is -3.24. The van der Waals surface area contributed by atoms with Gasteiger partial charge in [0.05, 0.1) is 31.5 Å². The number of urea groups is 1. The maximum Gasteiger partial charge on any atom is 0.319 e. The summed E-state index contributed by atoms with van der Waals surface area (Å²) in [5.74, 6) is 1.65. The summed E-state index contributed by atoms with van der Waals surface area (Å²) in [7, 11) is 0. The lowest BCUT2D eigenvalue weighted by atomic mass is 10.0. The zero-order valence-corrected chi connectivity index (χ0v) is 21.5. The molecule has 1 saturated heterocycles. The van der Waals surface area contributed by atoms with Gasteiger partial charge in [-0.05, 0) is 51.0 Å². The number of hydrogen-bond acceptors (Lipinski definition) is 7. The molecule has 0 aliphatic carbocycles. The molecular formula is C26H37N7O3. The fourth-order valence-electron chi connectivity index (χ4n) is 4.57. The van der Waals surface area contributed by atoms with Crippen LogP contribution in [0.3, 0.4) is 0 Å². The van der Waals surface area contributed by atoms with Crippen LogP contribution in [0.5, 0.6) is 0 Å². The maximum atomic E-state index is 12.3. The molecule has 10 heteroatoms. The molecule has 10 nitrogen and oxygen atoms in total. The van der Waals surface area contributed by atoms with Crippen molar-refractivity contribution in [1.82, 2.24) is 25.5 Å². The highest BCUT2D eigenvalue weighted by atomic mass is 16.5. The molecule has 0 saturated carbocycles. The summed E-state index contributed by atoms with van der Waals surface area (Å²) in [5, 5.41) is 8.52. The predicted molar refractivity (Wildman–Crippen MR) is 140 cm³/mol. The van der Waals surface area contributed by atoms with Crippen LogP contribution >= 0.6 is 0 Å². The number of carbonyl (C=O) groups excluding carboxylic acids is 2. The Labute approximate surface area is 212 Å². The van der Waals surface area contributed by atoms with E-state index in [9.17, 15) is 9.59 Å². The lowest BCUT2D eigenvalue weighted by Crippen LogP contribution is -2.46. The number of hydrogen-bond donors (Lipinski definition) is 3. The predicted octanol–water partition coefficient (Wildman–Crippen LogP) is 2.39. The number of anilines is 2. The highest BCUT2D eigenvalue weighted by molar-refractivity contribution is 5.89. The standard InChI is InChI=1S/C26H37N7O3/c1-4-11-28-23(34)16-32-12-10-21-22(15-32)30-24(31-25(21)33-13-14-36-17-18(33)3)19-6-8-20(9-7-19)29-26(35)27-5-2/h6-9,18H,4-5,10-17H2,1-3H3,(H,28,34)(H2,27,29,35). The highest BCUT2D eigenvalue weighted by Crippen LogP contribution is 2.31. The Bertz CT molecular complexity index is 1060. The molecular weight excluding hydrogens is 458 g/mol. The van der Waals surface area contributed by atoms with Crippen molar-refractivity contribution < 1.29 is 14.3 Å². The van der Waals surface area contributed by atoms with E-state index in [1.807, 2.05) is 38.1 Å². The van der Waals surface area contributed by atoms with Gasteiger partial charge in [-0.25, -0.2) is 14.8 Å². The average Bonchev–Trinajstić information content (AvgIpc) is 2.87. The van der Waals surface area contributed by atoms with Gasteiger partial charge in [-0.3, -0.25) is 9.69 Å². The Morgan fingerprint density at radius 3 is 2.64 bits per heavy atom. The van der Waals surface area contributed by atoms with E-state index < -0.39 is 0 Å². The highest BCUT2D eigenvalue weighted by Gasteiger charge is 2.29. The quantitative estimate of drug-likeness (QED) is 0.516. The summed E-state index contributed by atoms with van der Waals surface area (Å²) in [6.45, 7) is 11.2. The van der Waals surface area contributed by atoms with E-state index in [0.717, 1.165) is 48.6 Å². The summed E-state index contributed by atoms with van der Waals surface area (Å²) in [4.78, 5) is 38.7. The number of amides is 3.